The lowest BCUT2D eigenvalue weighted by Crippen LogP contribution is -2.41. The number of hydrogen-bond acceptors (Lipinski definition) is 4. The summed E-state index contributed by atoms with van der Waals surface area (Å²) in [5.41, 5.74) is 1.22. The van der Waals surface area contributed by atoms with Crippen LogP contribution in [0.25, 0.3) is 0 Å². The molecule has 1 aromatic carbocycles. The van der Waals surface area contributed by atoms with Crippen LogP contribution in [0.2, 0.25) is 0 Å². The minimum Gasteiger partial charge on any atom is -0.454 e. The molecule has 1 N–H and O–H groups in total. The van der Waals surface area contributed by atoms with Crippen molar-refractivity contribution in [3.8, 4) is 11.5 Å². The molecule has 2 aliphatic rings. The minimum absolute atomic E-state index is 0.317. The van der Waals surface area contributed by atoms with Crippen molar-refractivity contribution < 1.29 is 14.2 Å². The largest absolute Gasteiger partial charge is 0.454 e. The Labute approximate surface area is 143 Å². The number of ether oxygens (including phenoxy) is 3. The Hall–Kier alpha value is -1.95. The molecule has 1 saturated carbocycles. The molecule has 0 bridgehead atoms. The number of hydrogen-bond donors (Lipinski definition) is 1. The lowest BCUT2D eigenvalue weighted by Gasteiger charge is -2.22. The van der Waals surface area contributed by atoms with Crippen molar-refractivity contribution in [1.82, 2.24) is 10.2 Å². The predicted octanol–water partition coefficient (Wildman–Crippen LogP) is 1.89. The summed E-state index contributed by atoms with van der Waals surface area (Å²) in [7, 11) is 3.85. The van der Waals surface area contributed by atoms with Gasteiger partial charge in [0, 0.05) is 33.8 Å². The molecule has 0 atom stereocenters. The van der Waals surface area contributed by atoms with Crippen LogP contribution in [0.3, 0.4) is 0 Å². The highest BCUT2D eigenvalue weighted by molar-refractivity contribution is 5.79. The van der Waals surface area contributed by atoms with E-state index in [9.17, 15) is 0 Å². The Morgan fingerprint density at radius 3 is 2.96 bits per heavy atom. The number of nitrogens with one attached hydrogen (secondary N) is 1. The molecule has 1 heterocycles. The van der Waals surface area contributed by atoms with Crippen LogP contribution >= 0.6 is 0 Å². The Morgan fingerprint density at radius 2 is 2.17 bits per heavy atom. The Balaban J connectivity index is 1.37. The molecule has 0 saturated heterocycles. The van der Waals surface area contributed by atoms with Crippen molar-refractivity contribution in [3.63, 3.8) is 0 Å². The van der Waals surface area contributed by atoms with Crippen molar-refractivity contribution in [2.75, 3.05) is 47.2 Å². The standard InChI is InChI=1S/C18H27N3O3/c1-19-18(21(2)9-10-22-12-15-3-4-15)20-8-7-14-5-6-16-17(11-14)24-13-23-16/h5-6,11,15H,3-4,7-10,12-13H2,1-2H3,(H,19,20). The van der Waals surface area contributed by atoms with Crippen molar-refractivity contribution >= 4 is 5.96 Å². The van der Waals surface area contributed by atoms with Crippen molar-refractivity contribution in [2.24, 2.45) is 10.9 Å². The molecule has 0 amide bonds. The molecule has 3 rings (SSSR count). The smallest absolute Gasteiger partial charge is 0.231 e. The van der Waals surface area contributed by atoms with E-state index in [1.54, 1.807) is 0 Å². The molecule has 132 valence electrons. The SMILES string of the molecule is CN=C(NCCc1ccc2c(c1)OCO2)N(C)CCOCC1CC1. The average molecular weight is 333 g/mol. The van der Waals surface area contributed by atoms with Gasteiger partial charge in [0.05, 0.1) is 6.61 Å². The minimum atomic E-state index is 0.317. The molecule has 1 fully saturated rings. The first-order chi connectivity index (χ1) is 11.8. The van der Waals surface area contributed by atoms with Gasteiger partial charge in [-0.05, 0) is 42.9 Å². The maximum Gasteiger partial charge on any atom is 0.231 e. The number of rotatable bonds is 8. The first-order valence-corrected chi connectivity index (χ1v) is 8.64. The summed E-state index contributed by atoms with van der Waals surface area (Å²) in [6, 6.07) is 6.09. The van der Waals surface area contributed by atoms with E-state index in [-0.39, 0.29) is 0 Å². The quantitative estimate of drug-likeness (QED) is 0.447. The number of likely N-dealkylation sites (N-methyl/N-ethyl adjacent to an activating group) is 1. The number of benzene rings is 1. The van der Waals surface area contributed by atoms with Gasteiger partial charge in [0.1, 0.15) is 0 Å². The molecular formula is C18H27N3O3. The molecule has 6 nitrogen and oxygen atoms in total. The molecule has 0 radical (unpaired) electrons. The fourth-order valence-electron chi connectivity index (χ4n) is 2.64. The molecule has 1 aromatic rings. The second-order valence-corrected chi connectivity index (χ2v) is 6.35. The van der Waals surface area contributed by atoms with Gasteiger partial charge in [-0.2, -0.15) is 0 Å². The fraction of sp³-hybridized carbons (Fsp3) is 0.611. The summed E-state index contributed by atoms with van der Waals surface area (Å²) in [5.74, 6) is 3.37. The van der Waals surface area contributed by atoms with Gasteiger partial charge in [-0.3, -0.25) is 4.99 Å². The van der Waals surface area contributed by atoms with Crippen LogP contribution in [0, 0.1) is 5.92 Å². The number of guanidine groups is 1. The summed E-state index contributed by atoms with van der Waals surface area (Å²) >= 11 is 0. The van der Waals surface area contributed by atoms with E-state index in [4.69, 9.17) is 14.2 Å². The van der Waals surface area contributed by atoms with E-state index < -0.39 is 0 Å². The van der Waals surface area contributed by atoms with Gasteiger partial charge in [0.15, 0.2) is 17.5 Å². The monoisotopic (exact) mass is 333 g/mol. The van der Waals surface area contributed by atoms with E-state index in [2.05, 4.69) is 21.3 Å². The highest BCUT2D eigenvalue weighted by Gasteiger charge is 2.21. The van der Waals surface area contributed by atoms with Crippen LogP contribution in [-0.2, 0) is 11.2 Å². The highest BCUT2D eigenvalue weighted by Crippen LogP contribution is 2.32. The van der Waals surface area contributed by atoms with Gasteiger partial charge in [-0.15, -0.1) is 0 Å². The Morgan fingerprint density at radius 1 is 1.33 bits per heavy atom. The average Bonchev–Trinajstić information content (AvgIpc) is 3.30. The molecular weight excluding hydrogens is 306 g/mol. The van der Waals surface area contributed by atoms with Crippen LogP contribution < -0.4 is 14.8 Å². The predicted molar refractivity (Wildman–Crippen MR) is 93.8 cm³/mol. The van der Waals surface area contributed by atoms with E-state index >= 15 is 0 Å². The Kier molecular flexibility index (Phi) is 5.80. The molecule has 1 aliphatic heterocycles. The molecule has 24 heavy (non-hydrogen) atoms. The van der Waals surface area contributed by atoms with Gasteiger partial charge < -0.3 is 24.4 Å². The third kappa shape index (κ3) is 4.77. The number of fused-ring (bicyclic) bond motifs is 1. The summed E-state index contributed by atoms with van der Waals surface area (Å²) in [6.45, 7) is 3.63. The van der Waals surface area contributed by atoms with Crippen LogP contribution in [0.5, 0.6) is 11.5 Å². The van der Waals surface area contributed by atoms with Gasteiger partial charge in [-0.1, -0.05) is 6.07 Å². The lowest BCUT2D eigenvalue weighted by molar-refractivity contribution is 0.115. The molecule has 0 spiro atoms. The zero-order valence-electron chi connectivity index (χ0n) is 14.6. The van der Waals surface area contributed by atoms with Crippen molar-refractivity contribution in [2.45, 2.75) is 19.3 Å². The van der Waals surface area contributed by atoms with Crippen LogP contribution in [-0.4, -0.2) is 58.1 Å². The van der Waals surface area contributed by atoms with Gasteiger partial charge in [0.25, 0.3) is 0 Å². The van der Waals surface area contributed by atoms with Gasteiger partial charge in [0.2, 0.25) is 6.79 Å². The maximum atomic E-state index is 5.69. The first-order valence-electron chi connectivity index (χ1n) is 8.64. The van der Waals surface area contributed by atoms with Crippen LogP contribution in [0.4, 0.5) is 0 Å². The van der Waals surface area contributed by atoms with E-state index in [0.29, 0.717) is 6.79 Å². The topological polar surface area (TPSA) is 55.3 Å². The van der Waals surface area contributed by atoms with Gasteiger partial charge >= 0.3 is 0 Å². The molecule has 0 unspecified atom stereocenters. The third-order valence-electron chi connectivity index (χ3n) is 4.33. The number of nitrogens with zero attached hydrogens (tertiary/aromatic N) is 2. The summed E-state index contributed by atoms with van der Waals surface area (Å²) < 4.78 is 16.4. The van der Waals surface area contributed by atoms with E-state index in [0.717, 1.165) is 56.1 Å². The summed E-state index contributed by atoms with van der Waals surface area (Å²) in [4.78, 5) is 6.44. The third-order valence-corrected chi connectivity index (χ3v) is 4.33. The Bertz CT molecular complexity index is 573. The molecule has 6 heteroatoms. The zero-order chi connectivity index (χ0) is 16.8. The highest BCUT2D eigenvalue weighted by atomic mass is 16.7. The van der Waals surface area contributed by atoms with Gasteiger partial charge in [-0.25, -0.2) is 0 Å². The first kappa shape index (κ1) is 16.9. The number of aliphatic imine (C=N–C) groups is 1. The summed E-state index contributed by atoms with van der Waals surface area (Å²) in [6.07, 6.45) is 3.57. The fourth-order valence-corrected chi connectivity index (χ4v) is 2.64. The van der Waals surface area contributed by atoms with Crippen molar-refractivity contribution in [1.29, 1.82) is 0 Å². The zero-order valence-corrected chi connectivity index (χ0v) is 14.6. The van der Waals surface area contributed by atoms with E-state index in [1.807, 2.05) is 26.2 Å². The molecule has 1 aliphatic carbocycles. The van der Waals surface area contributed by atoms with E-state index in [1.165, 1.54) is 18.4 Å². The normalized spacial score (nSPS) is 16.3. The van der Waals surface area contributed by atoms with Crippen molar-refractivity contribution in [3.05, 3.63) is 23.8 Å². The second kappa shape index (κ2) is 8.24. The molecule has 0 aromatic heterocycles. The van der Waals surface area contributed by atoms with Crippen LogP contribution in [0.1, 0.15) is 18.4 Å². The maximum absolute atomic E-state index is 5.69. The summed E-state index contributed by atoms with van der Waals surface area (Å²) in [5, 5.41) is 3.40. The lowest BCUT2D eigenvalue weighted by atomic mass is 10.1. The van der Waals surface area contributed by atoms with Crippen LogP contribution in [0.15, 0.2) is 23.2 Å². The second-order valence-electron chi connectivity index (χ2n) is 6.35.